The molecule has 2 aromatic carbocycles. The molecule has 2 aromatic rings. The number of hydrogen-bond donors (Lipinski definition) is 0. The predicted molar refractivity (Wildman–Crippen MR) is 83.6 cm³/mol. The SMILES string of the molecule is COC(=O)C(C)(C)c1ccc(-c2ccccc2[N+](=O)[O-])cc1. The third-order valence-electron chi connectivity index (χ3n) is 3.71. The van der Waals surface area contributed by atoms with Gasteiger partial charge in [0.05, 0.1) is 23.0 Å². The molecular formula is C17H17NO4. The van der Waals surface area contributed by atoms with Crippen LogP contribution in [0.3, 0.4) is 0 Å². The van der Waals surface area contributed by atoms with Crippen molar-refractivity contribution in [1.82, 2.24) is 0 Å². The summed E-state index contributed by atoms with van der Waals surface area (Å²) in [6, 6.07) is 13.7. The van der Waals surface area contributed by atoms with Crippen molar-refractivity contribution in [3.05, 3.63) is 64.2 Å². The summed E-state index contributed by atoms with van der Waals surface area (Å²) in [5, 5.41) is 11.1. The van der Waals surface area contributed by atoms with Crippen LogP contribution in [0, 0.1) is 10.1 Å². The Hall–Kier alpha value is -2.69. The number of benzene rings is 2. The Balaban J connectivity index is 2.42. The van der Waals surface area contributed by atoms with Crippen LogP contribution in [0.5, 0.6) is 0 Å². The van der Waals surface area contributed by atoms with Gasteiger partial charge < -0.3 is 4.74 Å². The number of nitro groups is 1. The minimum absolute atomic E-state index is 0.0579. The molecule has 0 spiro atoms. The number of hydrogen-bond acceptors (Lipinski definition) is 4. The molecule has 2 rings (SSSR count). The number of rotatable bonds is 4. The highest BCUT2D eigenvalue weighted by atomic mass is 16.6. The molecule has 0 saturated heterocycles. The molecule has 0 bridgehead atoms. The Kier molecular flexibility index (Phi) is 4.26. The molecule has 0 unspecified atom stereocenters. The molecule has 0 atom stereocenters. The maximum Gasteiger partial charge on any atom is 0.315 e. The van der Waals surface area contributed by atoms with Gasteiger partial charge in [-0.3, -0.25) is 14.9 Å². The summed E-state index contributed by atoms with van der Waals surface area (Å²) in [5.74, 6) is -0.328. The van der Waals surface area contributed by atoms with E-state index in [9.17, 15) is 14.9 Å². The Labute approximate surface area is 128 Å². The molecule has 0 fully saturated rings. The zero-order valence-electron chi connectivity index (χ0n) is 12.7. The Morgan fingerprint density at radius 1 is 1.09 bits per heavy atom. The van der Waals surface area contributed by atoms with Crippen LogP contribution in [0.25, 0.3) is 11.1 Å². The lowest BCUT2D eigenvalue weighted by atomic mass is 9.84. The van der Waals surface area contributed by atoms with Crippen LogP contribution in [0.2, 0.25) is 0 Å². The molecule has 0 heterocycles. The Morgan fingerprint density at radius 2 is 1.68 bits per heavy atom. The fourth-order valence-electron chi connectivity index (χ4n) is 2.32. The Bertz CT molecular complexity index is 705. The van der Waals surface area contributed by atoms with Crippen molar-refractivity contribution in [2.24, 2.45) is 0 Å². The highest BCUT2D eigenvalue weighted by Crippen LogP contribution is 2.32. The highest BCUT2D eigenvalue weighted by Gasteiger charge is 2.30. The van der Waals surface area contributed by atoms with Crippen molar-refractivity contribution < 1.29 is 14.5 Å². The largest absolute Gasteiger partial charge is 0.468 e. The molecule has 5 nitrogen and oxygen atoms in total. The normalized spacial score (nSPS) is 11.0. The van der Waals surface area contributed by atoms with E-state index in [-0.39, 0.29) is 11.7 Å². The second-order valence-electron chi connectivity index (χ2n) is 5.47. The van der Waals surface area contributed by atoms with E-state index in [4.69, 9.17) is 4.74 Å². The van der Waals surface area contributed by atoms with E-state index in [2.05, 4.69) is 0 Å². The van der Waals surface area contributed by atoms with Crippen molar-refractivity contribution >= 4 is 11.7 Å². The summed E-state index contributed by atoms with van der Waals surface area (Å²) in [4.78, 5) is 22.5. The number of methoxy groups -OCH3 is 1. The summed E-state index contributed by atoms with van der Waals surface area (Å²) < 4.78 is 4.81. The average molecular weight is 299 g/mol. The van der Waals surface area contributed by atoms with Gasteiger partial charge in [-0.2, -0.15) is 0 Å². The van der Waals surface area contributed by atoms with Crippen LogP contribution >= 0.6 is 0 Å². The summed E-state index contributed by atoms with van der Waals surface area (Å²) in [6.07, 6.45) is 0. The highest BCUT2D eigenvalue weighted by molar-refractivity contribution is 5.82. The predicted octanol–water partition coefficient (Wildman–Crippen LogP) is 3.71. The van der Waals surface area contributed by atoms with Crippen molar-refractivity contribution in [1.29, 1.82) is 0 Å². The second-order valence-corrected chi connectivity index (χ2v) is 5.47. The van der Waals surface area contributed by atoms with Gasteiger partial charge in [0.2, 0.25) is 0 Å². The van der Waals surface area contributed by atoms with E-state index >= 15 is 0 Å². The maximum absolute atomic E-state index is 11.8. The van der Waals surface area contributed by atoms with E-state index in [0.717, 1.165) is 11.1 Å². The van der Waals surface area contributed by atoms with E-state index in [1.54, 1.807) is 56.3 Å². The lowest BCUT2D eigenvalue weighted by Gasteiger charge is -2.22. The van der Waals surface area contributed by atoms with Crippen molar-refractivity contribution in [2.45, 2.75) is 19.3 Å². The van der Waals surface area contributed by atoms with Gasteiger partial charge in [-0.25, -0.2) is 0 Å². The van der Waals surface area contributed by atoms with Gasteiger partial charge in [0.15, 0.2) is 0 Å². The van der Waals surface area contributed by atoms with Crippen LogP contribution in [0.1, 0.15) is 19.4 Å². The van der Waals surface area contributed by atoms with E-state index < -0.39 is 10.3 Å². The third-order valence-corrected chi connectivity index (χ3v) is 3.71. The van der Waals surface area contributed by atoms with Gasteiger partial charge in [-0.1, -0.05) is 36.4 Å². The van der Waals surface area contributed by atoms with Gasteiger partial charge in [-0.15, -0.1) is 0 Å². The molecule has 0 radical (unpaired) electrons. The number of ether oxygens (including phenoxy) is 1. The standard InChI is InChI=1S/C17H17NO4/c1-17(2,16(19)22-3)13-10-8-12(9-11-13)14-6-4-5-7-15(14)18(20)21/h4-11H,1-3H3. The van der Waals surface area contributed by atoms with Gasteiger partial charge in [-0.05, 0) is 31.0 Å². The monoisotopic (exact) mass is 299 g/mol. The number of carbonyl (C=O) groups is 1. The average Bonchev–Trinajstić information content (AvgIpc) is 2.54. The molecule has 0 amide bonds. The second kappa shape index (κ2) is 5.97. The van der Waals surface area contributed by atoms with Gasteiger partial charge in [0, 0.05) is 6.07 Å². The molecule has 114 valence electrons. The van der Waals surface area contributed by atoms with Gasteiger partial charge in [0.1, 0.15) is 0 Å². The summed E-state index contributed by atoms with van der Waals surface area (Å²) >= 11 is 0. The number of carbonyl (C=O) groups excluding carboxylic acids is 1. The lowest BCUT2D eigenvalue weighted by Crippen LogP contribution is -2.30. The quantitative estimate of drug-likeness (QED) is 0.490. The Morgan fingerprint density at radius 3 is 2.23 bits per heavy atom. The number of para-hydroxylation sites is 1. The van der Waals surface area contributed by atoms with Crippen LogP contribution in [0.4, 0.5) is 5.69 Å². The summed E-state index contributed by atoms with van der Waals surface area (Å²) in [6.45, 7) is 3.55. The zero-order chi connectivity index (χ0) is 16.3. The van der Waals surface area contributed by atoms with Gasteiger partial charge in [0.25, 0.3) is 5.69 Å². The van der Waals surface area contributed by atoms with Crippen molar-refractivity contribution in [3.8, 4) is 11.1 Å². The summed E-state index contributed by atoms with van der Waals surface area (Å²) in [5.41, 5.74) is 1.37. The first-order valence-corrected chi connectivity index (χ1v) is 6.80. The molecular weight excluding hydrogens is 282 g/mol. The van der Waals surface area contributed by atoms with Crippen molar-refractivity contribution in [3.63, 3.8) is 0 Å². The molecule has 0 saturated carbocycles. The van der Waals surface area contributed by atoms with E-state index in [0.29, 0.717) is 5.56 Å². The minimum atomic E-state index is -0.768. The minimum Gasteiger partial charge on any atom is -0.468 e. The zero-order valence-corrected chi connectivity index (χ0v) is 12.7. The summed E-state index contributed by atoms with van der Waals surface area (Å²) in [7, 11) is 1.35. The van der Waals surface area contributed by atoms with E-state index in [1.165, 1.54) is 13.2 Å². The first kappa shape index (κ1) is 15.7. The number of esters is 1. The molecule has 0 aliphatic heterocycles. The number of nitro benzene ring substituents is 1. The topological polar surface area (TPSA) is 69.4 Å². The van der Waals surface area contributed by atoms with Crippen LogP contribution in [-0.2, 0) is 14.9 Å². The lowest BCUT2D eigenvalue weighted by molar-refractivity contribution is -0.384. The smallest absolute Gasteiger partial charge is 0.315 e. The van der Waals surface area contributed by atoms with Crippen LogP contribution in [-0.4, -0.2) is 18.0 Å². The van der Waals surface area contributed by atoms with Gasteiger partial charge >= 0.3 is 5.97 Å². The van der Waals surface area contributed by atoms with Crippen molar-refractivity contribution in [2.75, 3.05) is 7.11 Å². The van der Waals surface area contributed by atoms with Crippen LogP contribution < -0.4 is 0 Å². The molecule has 5 heteroatoms. The fourth-order valence-corrected chi connectivity index (χ4v) is 2.32. The third kappa shape index (κ3) is 2.83. The fraction of sp³-hybridized carbons (Fsp3) is 0.235. The molecule has 0 aliphatic rings. The van der Waals surface area contributed by atoms with Crippen LogP contribution in [0.15, 0.2) is 48.5 Å². The number of nitrogens with zero attached hydrogens (tertiary/aromatic N) is 1. The molecule has 22 heavy (non-hydrogen) atoms. The maximum atomic E-state index is 11.8. The molecule has 0 aromatic heterocycles. The molecule has 0 aliphatic carbocycles. The van der Waals surface area contributed by atoms with E-state index in [1.807, 2.05) is 0 Å². The molecule has 0 N–H and O–H groups in total. The first-order valence-electron chi connectivity index (χ1n) is 6.80. The first-order chi connectivity index (χ1) is 10.4.